The number of aryl methyl sites for hydroxylation is 1. The van der Waals surface area contributed by atoms with Crippen molar-refractivity contribution in [2.45, 2.75) is 57.5 Å². The Morgan fingerprint density at radius 2 is 2.00 bits per heavy atom. The molecule has 0 unspecified atom stereocenters. The van der Waals surface area contributed by atoms with Crippen molar-refractivity contribution in [3.05, 3.63) is 47.7 Å². The van der Waals surface area contributed by atoms with Crippen molar-refractivity contribution in [2.75, 3.05) is 20.7 Å². The number of ether oxygens (including phenoxy) is 1. The largest absolute Gasteiger partial charge is 0.422 e. The molecule has 0 saturated heterocycles. The fourth-order valence-electron chi connectivity index (χ4n) is 3.93. The van der Waals surface area contributed by atoms with E-state index in [1.54, 1.807) is 7.11 Å². The zero-order valence-electron chi connectivity index (χ0n) is 17.0. The molecule has 1 heterocycles. The number of hydrogen-bond acceptors (Lipinski definition) is 5. The van der Waals surface area contributed by atoms with E-state index in [2.05, 4.69) is 10.2 Å². The first-order chi connectivity index (χ1) is 13.7. The lowest BCUT2D eigenvalue weighted by Crippen LogP contribution is -2.28. The zero-order valence-corrected chi connectivity index (χ0v) is 17.0. The van der Waals surface area contributed by atoms with Crippen LogP contribution in [0.3, 0.4) is 0 Å². The van der Waals surface area contributed by atoms with Gasteiger partial charge in [0.05, 0.1) is 0 Å². The second-order valence-electron chi connectivity index (χ2n) is 7.67. The van der Waals surface area contributed by atoms with Gasteiger partial charge in [-0.3, -0.25) is 4.79 Å². The van der Waals surface area contributed by atoms with Crippen LogP contribution >= 0.6 is 0 Å². The van der Waals surface area contributed by atoms with Crippen LogP contribution in [0, 0.1) is 5.92 Å². The lowest BCUT2D eigenvalue weighted by atomic mass is 10.0. The molecular weight excluding hydrogens is 354 g/mol. The first-order valence-corrected chi connectivity index (χ1v) is 10.3. The number of carbonyl (C=O) groups is 1. The molecule has 2 aromatic rings. The van der Waals surface area contributed by atoms with Crippen LogP contribution in [0.1, 0.15) is 68.4 Å². The van der Waals surface area contributed by atoms with Crippen LogP contribution in [-0.2, 0) is 16.0 Å². The summed E-state index contributed by atoms with van der Waals surface area (Å²) in [6, 6.07) is 9.76. The number of nitrogens with zero attached hydrogens (tertiary/aromatic N) is 3. The summed E-state index contributed by atoms with van der Waals surface area (Å²) in [6.45, 7) is 0.824. The molecule has 1 saturated carbocycles. The molecule has 0 N–H and O–H groups in total. The molecule has 0 aliphatic heterocycles. The highest BCUT2D eigenvalue weighted by molar-refractivity contribution is 5.75. The van der Waals surface area contributed by atoms with E-state index in [4.69, 9.17) is 9.15 Å². The minimum Gasteiger partial charge on any atom is -0.422 e. The van der Waals surface area contributed by atoms with Gasteiger partial charge in [0.1, 0.15) is 0 Å². The van der Waals surface area contributed by atoms with E-state index in [0.29, 0.717) is 24.6 Å². The summed E-state index contributed by atoms with van der Waals surface area (Å²) in [5.41, 5.74) is 0.957. The summed E-state index contributed by atoms with van der Waals surface area (Å²) in [7, 11) is 3.50. The Kier molecular flexibility index (Phi) is 7.60. The third-order valence-electron chi connectivity index (χ3n) is 5.60. The highest BCUT2D eigenvalue weighted by Gasteiger charge is 2.21. The topological polar surface area (TPSA) is 68.5 Å². The number of rotatable bonds is 10. The fourth-order valence-corrected chi connectivity index (χ4v) is 3.93. The summed E-state index contributed by atoms with van der Waals surface area (Å²) in [6.07, 6.45) is 8.24. The van der Waals surface area contributed by atoms with Gasteiger partial charge in [0, 0.05) is 33.5 Å². The van der Waals surface area contributed by atoms with E-state index in [0.717, 1.165) is 24.4 Å². The Labute approximate surface area is 167 Å². The van der Waals surface area contributed by atoms with Gasteiger partial charge in [-0.25, -0.2) is 0 Å². The fraction of sp³-hybridized carbons (Fsp3) is 0.591. The van der Waals surface area contributed by atoms with Gasteiger partial charge in [-0.15, -0.1) is 10.2 Å². The van der Waals surface area contributed by atoms with E-state index in [-0.39, 0.29) is 5.91 Å². The molecule has 0 spiro atoms. The molecule has 28 heavy (non-hydrogen) atoms. The van der Waals surface area contributed by atoms with Crippen molar-refractivity contribution in [1.29, 1.82) is 0 Å². The molecule has 3 rings (SSSR count). The van der Waals surface area contributed by atoms with Gasteiger partial charge in [0.15, 0.2) is 6.10 Å². The lowest BCUT2D eigenvalue weighted by Gasteiger charge is -2.18. The van der Waals surface area contributed by atoms with E-state index in [1.165, 1.54) is 32.1 Å². The van der Waals surface area contributed by atoms with Gasteiger partial charge < -0.3 is 14.1 Å². The van der Waals surface area contributed by atoms with Crippen LogP contribution in [0.5, 0.6) is 0 Å². The standard InChI is InChI=1S/C22H31N3O3/c1-25(16-8-11-17-9-6-7-10-17)20(26)15-14-19-23-24-22(28-19)21(27-2)18-12-4-3-5-13-18/h3-5,12-13,17,21H,6-11,14-16H2,1-2H3/t21-/m1/s1. The van der Waals surface area contributed by atoms with E-state index < -0.39 is 6.10 Å². The van der Waals surface area contributed by atoms with Crippen molar-refractivity contribution < 1.29 is 13.9 Å². The Balaban J connectivity index is 1.44. The molecule has 1 atom stereocenters. The lowest BCUT2D eigenvalue weighted by molar-refractivity contribution is -0.130. The SMILES string of the molecule is CO[C@H](c1ccccc1)c1nnc(CCC(=O)N(C)CCCC2CCCC2)o1. The number of amides is 1. The normalized spacial score (nSPS) is 15.6. The first kappa shape index (κ1) is 20.5. The third kappa shape index (κ3) is 5.64. The predicted octanol–water partition coefficient (Wildman–Crippen LogP) is 4.17. The molecular formula is C22H31N3O3. The van der Waals surface area contributed by atoms with Crippen LogP contribution < -0.4 is 0 Å². The third-order valence-corrected chi connectivity index (χ3v) is 5.60. The Morgan fingerprint density at radius 3 is 2.71 bits per heavy atom. The summed E-state index contributed by atoms with van der Waals surface area (Å²) in [5, 5.41) is 8.20. The number of hydrogen-bond donors (Lipinski definition) is 0. The number of methoxy groups -OCH3 is 1. The monoisotopic (exact) mass is 385 g/mol. The Morgan fingerprint density at radius 1 is 1.25 bits per heavy atom. The van der Waals surface area contributed by atoms with Gasteiger partial charge in [0.25, 0.3) is 0 Å². The highest BCUT2D eigenvalue weighted by atomic mass is 16.5. The van der Waals surface area contributed by atoms with Gasteiger partial charge in [-0.1, -0.05) is 56.0 Å². The van der Waals surface area contributed by atoms with Gasteiger partial charge in [-0.05, 0) is 24.3 Å². The van der Waals surface area contributed by atoms with Crippen molar-refractivity contribution >= 4 is 5.91 Å². The molecule has 1 aromatic heterocycles. The van der Waals surface area contributed by atoms with E-state index in [9.17, 15) is 4.79 Å². The Hall–Kier alpha value is -2.21. The van der Waals surface area contributed by atoms with Gasteiger partial charge in [-0.2, -0.15) is 0 Å². The summed E-state index contributed by atoms with van der Waals surface area (Å²) in [4.78, 5) is 14.2. The maximum absolute atomic E-state index is 12.4. The predicted molar refractivity (Wildman–Crippen MR) is 107 cm³/mol. The Bertz CT molecular complexity index is 726. The van der Waals surface area contributed by atoms with Crippen LogP contribution in [0.2, 0.25) is 0 Å². The van der Waals surface area contributed by atoms with Gasteiger partial charge in [0.2, 0.25) is 17.7 Å². The maximum atomic E-state index is 12.4. The summed E-state index contributed by atoms with van der Waals surface area (Å²) >= 11 is 0. The van der Waals surface area contributed by atoms with Crippen molar-refractivity contribution in [3.63, 3.8) is 0 Å². The van der Waals surface area contributed by atoms with E-state index >= 15 is 0 Å². The second kappa shape index (κ2) is 10.4. The number of aromatic nitrogens is 2. The molecule has 152 valence electrons. The quantitative estimate of drug-likeness (QED) is 0.614. The first-order valence-electron chi connectivity index (χ1n) is 10.3. The minimum atomic E-state index is -0.392. The maximum Gasteiger partial charge on any atom is 0.249 e. The van der Waals surface area contributed by atoms with Crippen LogP contribution in [0.4, 0.5) is 0 Å². The molecule has 1 amide bonds. The average Bonchev–Trinajstić information content (AvgIpc) is 3.40. The molecule has 1 aliphatic rings. The van der Waals surface area contributed by atoms with Crippen molar-refractivity contribution in [1.82, 2.24) is 15.1 Å². The number of benzene rings is 1. The van der Waals surface area contributed by atoms with Crippen LogP contribution in [0.15, 0.2) is 34.7 Å². The smallest absolute Gasteiger partial charge is 0.249 e. The van der Waals surface area contributed by atoms with Crippen molar-refractivity contribution in [3.8, 4) is 0 Å². The van der Waals surface area contributed by atoms with E-state index in [1.807, 2.05) is 42.3 Å². The highest BCUT2D eigenvalue weighted by Crippen LogP contribution is 2.28. The average molecular weight is 386 g/mol. The molecule has 0 radical (unpaired) electrons. The van der Waals surface area contributed by atoms with Gasteiger partial charge >= 0.3 is 0 Å². The zero-order chi connectivity index (χ0) is 19.8. The summed E-state index contributed by atoms with van der Waals surface area (Å²) in [5.74, 6) is 1.89. The van der Waals surface area contributed by atoms with Crippen LogP contribution in [-0.4, -0.2) is 41.7 Å². The number of carbonyl (C=O) groups excluding carboxylic acids is 1. The van der Waals surface area contributed by atoms with Crippen LogP contribution in [0.25, 0.3) is 0 Å². The molecule has 0 bridgehead atoms. The molecule has 1 fully saturated rings. The molecule has 1 aromatic carbocycles. The second-order valence-corrected chi connectivity index (χ2v) is 7.67. The summed E-state index contributed by atoms with van der Waals surface area (Å²) < 4.78 is 11.3. The van der Waals surface area contributed by atoms with Crippen molar-refractivity contribution in [2.24, 2.45) is 5.92 Å². The molecule has 1 aliphatic carbocycles. The molecule has 6 heteroatoms. The minimum absolute atomic E-state index is 0.123. The molecule has 6 nitrogen and oxygen atoms in total.